The molecule has 9 heteroatoms. The van der Waals surface area contributed by atoms with Gasteiger partial charge in [0.1, 0.15) is 11.6 Å². The Labute approximate surface area is 251 Å². The summed E-state index contributed by atoms with van der Waals surface area (Å²) in [6, 6.07) is 26.8. The molecule has 1 heterocycles. The fourth-order valence-electron chi connectivity index (χ4n) is 5.08. The molecule has 0 bridgehead atoms. The van der Waals surface area contributed by atoms with Crippen molar-refractivity contribution in [2.75, 3.05) is 43.5 Å². The number of nitrogens with two attached hydrogens (primary N) is 1. The zero-order chi connectivity index (χ0) is 30.2. The third-order valence-corrected chi connectivity index (χ3v) is 7.64. The van der Waals surface area contributed by atoms with E-state index in [1.165, 1.54) is 6.07 Å². The number of benzene rings is 4. The summed E-state index contributed by atoms with van der Waals surface area (Å²) in [7, 11) is 1.57. The zero-order valence-electron chi connectivity index (χ0n) is 24.2. The van der Waals surface area contributed by atoms with Crippen LogP contribution in [0, 0.1) is 5.82 Å². The molecule has 0 spiro atoms. The Hall–Kier alpha value is -4.73. The molecule has 222 valence electrons. The molecule has 0 radical (unpaired) electrons. The van der Waals surface area contributed by atoms with E-state index >= 15 is 0 Å². The van der Waals surface area contributed by atoms with Gasteiger partial charge in [0.25, 0.3) is 11.8 Å². The number of nitrogens with one attached hydrogen (secondary N) is 2. The molecule has 8 nitrogen and oxygen atoms in total. The Morgan fingerprint density at radius 2 is 1.51 bits per heavy atom. The lowest BCUT2D eigenvalue weighted by Gasteiger charge is -2.36. The van der Waals surface area contributed by atoms with Crippen molar-refractivity contribution in [3.8, 4) is 5.75 Å². The maximum atomic E-state index is 14.3. The number of anilines is 2. The summed E-state index contributed by atoms with van der Waals surface area (Å²) in [5.74, 6) is -0.0947. The maximum absolute atomic E-state index is 14.3. The molecule has 1 aliphatic heterocycles. The van der Waals surface area contributed by atoms with Crippen molar-refractivity contribution in [3.63, 3.8) is 0 Å². The van der Waals surface area contributed by atoms with E-state index in [1.54, 1.807) is 55.6 Å². The van der Waals surface area contributed by atoms with Crippen LogP contribution in [-0.4, -0.2) is 50.0 Å². The minimum Gasteiger partial charge on any atom is -0.497 e. The van der Waals surface area contributed by atoms with Crippen LogP contribution in [0.25, 0.3) is 0 Å². The summed E-state index contributed by atoms with van der Waals surface area (Å²) in [5.41, 5.74) is 10.6. The van der Waals surface area contributed by atoms with Gasteiger partial charge in [0, 0.05) is 62.6 Å². The summed E-state index contributed by atoms with van der Waals surface area (Å²) in [6.45, 7) is 4.22. The molecule has 0 atom stereocenters. The fourth-order valence-corrected chi connectivity index (χ4v) is 5.08. The van der Waals surface area contributed by atoms with Crippen LogP contribution in [-0.2, 0) is 19.6 Å². The number of para-hydroxylation sites is 1. The van der Waals surface area contributed by atoms with E-state index in [9.17, 15) is 14.0 Å². The third-order valence-electron chi connectivity index (χ3n) is 7.64. The molecule has 43 heavy (non-hydrogen) atoms. The second-order valence-corrected chi connectivity index (χ2v) is 10.5. The second kappa shape index (κ2) is 14.0. The normalized spacial score (nSPS) is 13.4. The van der Waals surface area contributed by atoms with Gasteiger partial charge in [-0.1, -0.05) is 42.5 Å². The molecule has 0 saturated carbocycles. The van der Waals surface area contributed by atoms with Crippen molar-refractivity contribution in [1.82, 2.24) is 10.2 Å². The number of amides is 2. The molecule has 2 amide bonds. The topological polar surface area (TPSA) is 99.9 Å². The van der Waals surface area contributed by atoms with Crippen LogP contribution in [0.4, 0.5) is 15.8 Å². The molecule has 1 saturated heterocycles. The first kappa shape index (κ1) is 29.8. The van der Waals surface area contributed by atoms with E-state index in [0.29, 0.717) is 61.0 Å². The Balaban J connectivity index is 1.31. The third kappa shape index (κ3) is 7.57. The Bertz CT molecular complexity index is 1550. The van der Waals surface area contributed by atoms with Gasteiger partial charge in [0.05, 0.1) is 12.8 Å². The number of carbonyl (C=O) groups excluding carboxylic acids is 2. The van der Waals surface area contributed by atoms with Crippen molar-refractivity contribution >= 4 is 23.2 Å². The van der Waals surface area contributed by atoms with Crippen LogP contribution in [0.3, 0.4) is 0 Å². The Morgan fingerprint density at radius 3 is 2.19 bits per heavy atom. The van der Waals surface area contributed by atoms with Gasteiger partial charge in [-0.15, -0.1) is 0 Å². The van der Waals surface area contributed by atoms with Gasteiger partial charge in [-0.25, -0.2) is 4.39 Å². The smallest absolute Gasteiger partial charge is 0.255 e. The number of piperazine rings is 1. The molecular weight excluding hydrogens is 545 g/mol. The maximum Gasteiger partial charge on any atom is 0.255 e. The summed E-state index contributed by atoms with van der Waals surface area (Å²) in [6.07, 6.45) is 0. The standard InChI is InChI=1S/C34H36FN5O3/c1-43-29-14-12-26(13-15-29)34(42)38-31-20-27(33(41)37-22-25-8-6-24(21-36)7-9-25)10-11-28(31)23-39-16-18-40(19-17-39)32-5-3-2-4-30(32)35/h2-15,20H,16-19,21-23,36H2,1H3,(H,37,41)(H,38,42). The first-order valence-corrected chi connectivity index (χ1v) is 14.3. The summed E-state index contributed by atoms with van der Waals surface area (Å²) in [5, 5.41) is 5.98. The largest absolute Gasteiger partial charge is 0.497 e. The number of hydrogen-bond acceptors (Lipinski definition) is 6. The molecule has 4 aromatic carbocycles. The number of ether oxygens (including phenoxy) is 1. The van der Waals surface area contributed by atoms with Gasteiger partial charge in [-0.2, -0.15) is 0 Å². The van der Waals surface area contributed by atoms with Crippen LogP contribution in [0.1, 0.15) is 37.4 Å². The van der Waals surface area contributed by atoms with Crippen molar-refractivity contribution in [2.45, 2.75) is 19.6 Å². The van der Waals surface area contributed by atoms with E-state index in [2.05, 4.69) is 20.4 Å². The summed E-state index contributed by atoms with van der Waals surface area (Å²) < 4.78 is 19.5. The second-order valence-electron chi connectivity index (χ2n) is 10.5. The highest BCUT2D eigenvalue weighted by molar-refractivity contribution is 6.05. The molecule has 4 aromatic rings. The highest BCUT2D eigenvalue weighted by Crippen LogP contribution is 2.24. The van der Waals surface area contributed by atoms with E-state index in [4.69, 9.17) is 10.5 Å². The predicted molar refractivity (Wildman–Crippen MR) is 167 cm³/mol. The highest BCUT2D eigenvalue weighted by Gasteiger charge is 2.21. The molecule has 0 aromatic heterocycles. The van der Waals surface area contributed by atoms with Crippen LogP contribution in [0.15, 0.2) is 91.0 Å². The SMILES string of the molecule is COc1ccc(C(=O)Nc2cc(C(=O)NCc3ccc(CN)cc3)ccc2CN2CCN(c3ccccc3F)CC2)cc1. The van der Waals surface area contributed by atoms with E-state index in [-0.39, 0.29) is 17.6 Å². The predicted octanol–water partition coefficient (Wildman–Crippen LogP) is 4.80. The molecule has 0 unspecified atom stereocenters. The Kier molecular flexibility index (Phi) is 9.66. The minimum atomic E-state index is -0.286. The van der Waals surface area contributed by atoms with Gasteiger partial charge in [-0.05, 0) is 65.2 Å². The van der Waals surface area contributed by atoms with E-state index < -0.39 is 0 Å². The molecular formula is C34H36FN5O3. The van der Waals surface area contributed by atoms with Gasteiger partial charge < -0.3 is 26.0 Å². The number of nitrogens with zero attached hydrogens (tertiary/aromatic N) is 2. The zero-order valence-corrected chi connectivity index (χ0v) is 24.2. The van der Waals surface area contributed by atoms with Gasteiger partial charge in [-0.3, -0.25) is 14.5 Å². The van der Waals surface area contributed by atoms with Crippen LogP contribution < -0.4 is 26.0 Å². The van der Waals surface area contributed by atoms with Crippen molar-refractivity contribution < 1.29 is 18.7 Å². The van der Waals surface area contributed by atoms with Crippen molar-refractivity contribution in [1.29, 1.82) is 0 Å². The molecule has 0 aliphatic carbocycles. The fraction of sp³-hybridized carbons (Fsp3) is 0.235. The van der Waals surface area contributed by atoms with Crippen molar-refractivity contribution in [3.05, 3.63) is 125 Å². The van der Waals surface area contributed by atoms with Gasteiger partial charge >= 0.3 is 0 Å². The highest BCUT2D eigenvalue weighted by atomic mass is 19.1. The minimum absolute atomic E-state index is 0.221. The molecule has 1 aliphatic rings. The summed E-state index contributed by atoms with van der Waals surface area (Å²) in [4.78, 5) is 30.6. The van der Waals surface area contributed by atoms with Crippen LogP contribution in [0.5, 0.6) is 5.75 Å². The number of methoxy groups -OCH3 is 1. The lowest BCUT2D eigenvalue weighted by atomic mass is 10.1. The van der Waals surface area contributed by atoms with Crippen molar-refractivity contribution in [2.24, 2.45) is 5.73 Å². The number of rotatable bonds is 10. The first-order valence-electron chi connectivity index (χ1n) is 14.3. The molecule has 4 N–H and O–H groups in total. The first-order chi connectivity index (χ1) is 20.9. The molecule has 1 fully saturated rings. The van der Waals surface area contributed by atoms with E-state index in [0.717, 1.165) is 29.8 Å². The van der Waals surface area contributed by atoms with E-state index in [1.807, 2.05) is 36.4 Å². The van der Waals surface area contributed by atoms with Crippen LogP contribution in [0.2, 0.25) is 0 Å². The number of halogens is 1. The number of hydrogen-bond donors (Lipinski definition) is 3. The average molecular weight is 582 g/mol. The van der Waals surface area contributed by atoms with Crippen LogP contribution >= 0.6 is 0 Å². The Morgan fingerprint density at radius 1 is 0.837 bits per heavy atom. The lowest BCUT2D eigenvalue weighted by molar-refractivity contribution is 0.0949. The monoisotopic (exact) mass is 581 g/mol. The van der Waals surface area contributed by atoms with Gasteiger partial charge in [0.2, 0.25) is 0 Å². The van der Waals surface area contributed by atoms with Gasteiger partial charge in [0.15, 0.2) is 0 Å². The average Bonchev–Trinajstić information content (AvgIpc) is 3.05. The quantitative estimate of drug-likeness (QED) is 0.249. The lowest BCUT2D eigenvalue weighted by Crippen LogP contribution is -2.46. The number of carbonyl (C=O) groups is 2. The molecule has 5 rings (SSSR count). The summed E-state index contributed by atoms with van der Waals surface area (Å²) >= 11 is 0.